The molecule has 0 unspecified atom stereocenters. The molecule has 0 bridgehead atoms. The molecule has 0 saturated heterocycles. The molecule has 5 heteroatoms. The lowest BCUT2D eigenvalue weighted by molar-refractivity contribution is 0.0698. The number of carboxylic acids is 1. The van der Waals surface area contributed by atoms with E-state index in [0.717, 1.165) is 18.0 Å². The fourth-order valence-electron chi connectivity index (χ4n) is 1.34. The third kappa shape index (κ3) is 3.06. The van der Waals surface area contributed by atoms with Gasteiger partial charge in [0.05, 0.1) is 5.56 Å². The maximum Gasteiger partial charge on any atom is 0.337 e. The molecule has 1 aromatic rings. The Kier molecular flexibility index (Phi) is 4.49. The Morgan fingerprint density at radius 3 is 2.75 bits per heavy atom. The quantitative estimate of drug-likeness (QED) is 0.768. The Balaban J connectivity index is 2.84. The highest BCUT2D eigenvalue weighted by molar-refractivity contribution is 7.98. The van der Waals surface area contributed by atoms with Gasteiger partial charge in [0, 0.05) is 30.7 Å². The van der Waals surface area contributed by atoms with Crippen LogP contribution in [0.4, 0.5) is 11.4 Å². The molecule has 3 N–H and O–H groups in total. The number of benzene rings is 1. The van der Waals surface area contributed by atoms with Crippen molar-refractivity contribution in [3.63, 3.8) is 0 Å². The second kappa shape index (κ2) is 5.65. The number of carbonyl (C=O) groups is 1. The number of nitrogens with two attached hydrogens (primary N) is 1. The number of thioether (sulfide) groups is 1. The van der Waals surface area contributed by atoms with E-state index >= 15 is 0 Å². The largest absolute Gasteiger partial charge is 0.478 e. The zero-order valence-corrected chi connectivity index (χ0v) is 10.3. The number of hydrogen-bond donors (Lipinski definition) is 2. The van der Waals surface area contributed by atoms with E-state index in [0.29, 0.717) is 5.69 Å². The zero-order chi connectivity index (χ0) is 12.1. The zero-order valence-electron chi connectivity index (χ0n) is 9.43. The second-order valence-electron chi connectivity index (χ2n) is 3.49. The normalized spacial score (nSPS) is 10.1. The first kappa shape index (κ1) is 12.7. The van der Waals surface area contributed by atoms with Gasteiger partial charge in [0.2, 0.25) is 0 Å². The Morgan fingerprint density at radius 1 is 1.56 bits per heavy atom. The van der Waals surface area contributed by atoms with Crippen molar-refractivity contribution in [3.05, 3.63) is 23.8 Å². The van der Waals surface area contributed by atoms with Gasteiger partial charge in [-0.05, 0) is 24.5 Å². The molecule has 0 fully saturated rings. The molecule has 0 radical (unpaired) electrons. The second-order valence-corrected chi connectivity index (χ2v) is 4.48. The minimum atomic E-state index is -0.990. The van der Waals surface area contributed by atoms with Crippen LogP contribution in [0.1, 0.15) is 10.4 Å². The molecule has 1 rings (SSSR count). The minimum absolute atomic E-state index is 0.155. The van der Waals surface area contributed by atoms with Crippen LogP contribution >= 0.6 is 11.8 Å². The first-order valence-electron chi connectivity index (χ1n) is 4.89. The van der Waals surface area contributed by atoms with E-state index in [4.69, 9.17) is 10.8 Å². The summed E-state index contributed by atoms with van der Waals surface area (Å²) in [5, 5.41) is 8.84. The van der Waals surface area contributed by atoms with Crippen LogP contribution in [0.25, 0.3) is 0 Å². The highest BCUT2D eigenvalue weighted by Gasteiger charge is 2.09. The molecule has 0 aliphatic heterocycles. The topological polar surface area (TPSA) is 66.6 Å². The average Bonchev–Trinajstić information content (AvgIpc) is 2.25. The molecule has 88 valence electrons. The third-order valence-corrected chi connectivity index (χ3v) is 2.93. The van der Waals surface area contributed by atoms with E-state index in [9.17, 15) is 4.79 Å². The molecule has 0 aliphatic rings. The van der Waals surface area contributed by atoms with Crippen molar-refractivity contribution >= 4 is 29.1 Å². The first-order valence-corrected chi connectivity index (χ1v) is 6.28. The fourth-order valence-corrected chi connectivity index (χ4v) is 1.80. The molecule has 4 nitrogen and oxygen atoms in total. The van der Waals surface area contributed by atoms with E-state index in [1.807, 2.05) is 7.05 Å². The summed E-state index contributed by atoms with van der Waals surface area (Å²) < 4.78 is 0. The van der Waals surface area contributed by atoms with Crippen LogP contribution in [0.2, 0.25) is 0 Å². The van der Waals surface area contributed by atoms with Gasteiger partial charge in [-0.25, -0.2) is 4.79 Å². The van der Waals surface area contributed by atoms with E-state index < -0.39 is 5.97 Å². The standard InChI is InChI=1S/C11H16N2O2S/c1-13(5-6-16-2)8-3-4-9(11(14)15)10(12)7-8/h3-4,7H,5-6,12H2,1-2H3,(H,14,15). The molecule has 0 saturated carbocycles. The highest BCUT2D eigenvalue weighted by atomic mass is 32.2. The van der Waals surface area contributed by atoms with Gasteiger partial charge in [-0.15, -0.1) is 0 Å². The van der Waals surface area contributed by atoms with E-state index in [-0.39, 0.29) is 5.56 Å². The SMILES string of the molecule is CSCCN(C)c1ccc(C(=O)O)c(N)c1. The predicted octanol–water partition coefficient (Wildman–Crippen LogP) is 1.77. The van der Waals surface area contributed by atoms with Crippen molar-refractivity contribution in [2.75, 3.05) is 36.2 Å². The van der Waals surface area contributed by atoms with Crippen molar-refractivity contribution in [2.45, 2.75) is 0 Å². The summed E-state index contributed by atoms with van der Waals surface area (Å²) in [6.45, 7) is 0.910. The van der Waals surface area contributed by atoms with Crippen molar-refractivity contribution in [3.8, 4) is 0 Å². The van der Waals surface area contributed by atoms with Crippen molar-refractivity contribution in [1.82, 2.24) is 0 Å². The lowest BCUT2D eigenvalue weighted by atomic mass is 10.1. The van der Waals surface area contributed by atoms with Crippen LogP contribution in [0, 0.1) is 0 Å². The molecule has 0 heterocycles. The minimum Gasteiger partial charge on any atom is -0.478 e. The lowest BCUT2D eigenvalue weighted by Crippen LogP contribution is -2.20. The van der Waals surface area contributed by atoms with Crippen LogP contribution in [0.5, 0.6) is 0 Å². The molecule has 0 aromatic heterocycles. The first-order chi connectivity index (χ1) is 7.56. The molecular weight excluding hydrogens is 224 g/mol. The van der Waals surface area contributed by atoms with E-state index in [1.165, 1.54) is 0 Å². The van der Waals surface area contributed by atoms with Crippen LogP contribution in [0.3, 0.4) is 0 Å². The summed E-state index contributed by atoms with van der Waals surface area (Å²) >= 11 is 1.77. The third-order valence-electron chi connectivity index (χ3n) is 2.34. The van der Waals surface area contributed by atoms with Crippen molar-refractivity contribution in [2.24, 2.45) is 0 Å². The fraction of sp³-hybridized carbons (Fsp3) is 0.364. The lowest BCUT2D eigenvalue weighted by Gasteiger charge is -2.19. The monoisotopic (exact) mass is 240 g/mol. The van der Waals surface area contributed by atoms with Crippen LogP contribution in [0.15, 0.2) is 18.2 Å². The van der Waals surface area contributed by atoms with Crippen molar-refractivity contribution in [1.29, 1.82) is 0 Å². The van der Waals surface area contributed by atoms with Gasteiger partial charge in [0.25, 0.3) is 0 Å². The Bertz CT molecular complexity index is 382. The maximum absolute atomic E-state index is 10.8. The number of nitrogen functional groups attached to an aromatic ring is 1. The summed E-state index contributed by atoms with van der Waals surface area (Å²) in [4.78, 5) is 12.8. The number of hydrogen-bond acceptors (Lipinski definition) is 4. The van der Waals surface area contributed by atoms with Gasteiger partial charge in [0.15, 0.2) is 0 Å². The van der Waals surface area contributed by atoms with Gasteiger partial charge in [-0.2, -0.15) is 11.8 Å². The molecule has 0 atom stereocenters. The molecule has 0 aliphatic carbocycles. The Labute approximate surface area is 99.4 Å². The predicted molar refractivity (Wildman–Crippen MR) is 69.5 cm³/mol. The summed E-state index contributed by atoms with van der Waals surface area (Å²) in [6.07, 6.45) is 2.05. The van der Waals surface area contributed by atoms with Gasteiger partial charge >= 0.3 is 5.97 Å². The molecule has 16 heavy (non-hydrogen) atoms. The van der Waals surface area contributed by atoms with Gasteiger partial charge in [-0.1, -0.05) is 0 Å². The molecule has 1 aromatic carbocycles. The number of carboxylic acid groups (broad SMARTS) is 1. The highest BCUT2D eigenvalue weighted by Crippen LogP contribution is 2.20. The maximum atomic E-state index is 10.8. The molecule has 0 amide bonds. The van der Waals surface area contributed by atoms with Gasteiger partial charge in [-0.3, -0.25) is 0 Å². The van der Waals surface area contributed by atoms with E-state index in [1.54, 1.807) is 30.0 Å². The number of aromatic carboxylic acids is 1. The molecular formula is C11H16N2O2S. The number of rotatable bonds is 5. The summed E-state index contributed by atoms with van der Waals surface area (Å²) in [6, 6.07) is 5.02. The van der Waals surface area contributed by atoms with E-state index in [2.05, 4.69) is 11.2 Å². The Morgan fingerprint density at radius 2 is 2.25 bits per heavy atom. The average molecular weight is 240 g/mol. The van der Waals surface area contributed by atoms with Crippen molar-refractivity contribution < 1.29 is 9.90 Å². The van der Waals surface area contributed by atoms with Crippen LogP contribution in [-0.2, 0) is 0 Å². The van der Waals surface area contributed by atoms with Crippen LogP contribution < -0.4 is 10.6 Å². The number of anilines is 2. The van der Waals surface area contributed by atoms with Gasteiger partial charge < -0.3 is 15.7 Å². The summed E-state index contributed by atoms with van der Waals surface area (Å²) in [7, 11) is 1.96. The molecule has 0 spiro atoms. The number of nitrogens with zero attached hydrogens (tertiary/aromatic N) is 1. The van der Waals surface area contributed by atoms with Gasteiger partial charge in [0.1, 0.15) is 0 Å². The summed E-state index contributed by atoms with van der Waals surface area (Å²) in [5.41, 5.74) is 7.08. The smallest absolute Gasteiger partial charge is 0.337 e. The summed E-state index contributed by atoms with van der Waals surface area (Å²) in [5.74, 6) is 0.0349. The Hall–Kier alpha value is -1.36. The van der Waals surface area contributed by atoms with Crippen LogP contribution in [-0.4, -0.2) is 36.7 Å².